The van der Waals surface area contributed by atoms with Gasteiger partial charge >= 0.3 is 23.6 Å². The van der Waals surface area contributed by atoms with Gasteiger partial charge < -0.3 is 20.1 Å². The smallest absolute Gasteiger partial charge is 0.347 e. The van der Waals surface area contributed by atoms with E-state index in [1.807, 2.05) is 24.3 Å². The molecule has 32 heavy (non-hydrogen) atoms. The average Bonchev–Trinajstić information content (AvgIpc) is 3.20. The molecule has 3 aliphatic rings. The molecule has 0 unspecified atom stereocenters. The minimum atomic E-state index is -2.62. The maximum absolute atomic E-state index is 13.2. The van der Waals surface area contributed by atoms with Crippen LogP contribution in [0.2, 0.25) is 0 Å². The number of benzene rings is 2. The van der Waals surface area contributed by atoms with E-state index in [0.29, 0.717) is 10.9 Å². The van der Waals surface area contributed by atoms with Gasteiger partial charge in [0.1, 0.15) is 12.1 Å². The van der Waals surface area contributed by atoms with Gasteiger partial charge in [0.25, 0.3) is 5.79 Å². The summed E-state index contributed by atoms with van der Waals surface area (Å²) in [6, 6.07) is 10.4. The Bertz CT molecular complexity index is 1170. The Morgan fingerprint density at radius 3 is 2.69 bits per heavy atom. The maximum Gasteiger partial charge on any atom is 0.347 e. The minimum Gasteiger partial charge on any atom is -0.449 e. The van der Waals surface area contributed by atoms with Crippen molar-refractivity contribution in [3.63, 3.8) is 0 Å². The van der Waals surface area contributed by atoms with Gasteiger partial charge in [0.05, 0.1) is 12.2 Å². The SMILES string of the molecule is C[C@H]1[C@H](OC(=O)c2cccc3ccccc23)C(O)(O)[C@]23NC(N)=[NH+][C@H]2[C@H](CO)NC(N)=[N+]13. The van der Waals surface area contributed by atoms with Crippen molar-refractivity contribution < 1.29 is 34.4 Å². The van der Waals surface area contributed by atoms with Crippen LogP contribution in [-0.4, -0.2) is 80.1 Å². The Kier molecular flexibility index (Phi) is 4.35. The number of ether oxygens (including phenoxy) is 1. The summed E-state index contributed by atoms with van der Waals surface area (Å²) in [5.74, 6) is -3.15. The summed E-state index contributed by atoms with van der Waals surface area (Å²) in [4.78, 5) is 16.1. The first-order valence-corrected chi connectivity index (χ1v) is 10.3. The lowest BCUT2D eigenvalue weighted by Crippen LogP contribution is -2.92. The summed E-state index contributed by atoms with van der Waals surface area (Å²) < 4.78 is 7.22. The van der Waals surface area contributed by atoms with Gasteiger partial charge in [0.15, 0.2) is 12.1 Å². The van der Waals surface area contributed by atoms with Gasteiger partial charge in [-0.1, -0.05) is 36.4 Å². The van der Waals surface area contributed by atoms with E-state index in [-0.39, 0.29) is 18.5 Å². The first-order valence-electron chi connectivity index (χ1n) is 10.3. The topological polar surface area (TPSA) is 180 Å². The van der Waals surface area contributed by atoms with Gasteiger partial charge in [-0.25, -0.2) is 14.7 Å². The van der Waals surface area contributed by atoms with Crippen LogP contribution in [0.25, 0.3) is 10.8 Å². The Morgan fingerprint density at radius 2 is 1.94 bits per heavy atom. The third-order valence-corrected chi connectivity index (χ3v) is 6.70. The van der Waals surface area contributed by atoms with Crippen LogP contribution in [0, 0.1) is 0 Å². The second-order valence-electron chi connectivity index (χ2n) is 8.44. The lowest BCUT2D eigenvalue weighted by molar-refractivity contribution is -0.690. The number of aliphatic hydroxyl groups is 3. The molecular weight excluding hydrogens is 416 g/mol. The number of carbonyl (C=O) groups excluding carboxylic acids is 1. The molecule has 0 aromatic heterocycles. The van der Waals surface area contributed by atoms with Crippen LogP contribution in [0.15, 0.2) is 42.5 Å². The second-order valence-corrected chi connectivity index (χ2v) is 8.44. The molecule has 10 N–H and O–H groups in total. The van der Waals surface area contributed by atoms with Crippen LogP contribution < -0.4 is 27.1 Å². The van der Waals surface area contributed by atoms with E-state index in [2.05, 4.69) is 15.6 Å². The van der Waals surface area contributed by atoms with Crippen molar-refractivity contribution in [3.8, 4) is 0 Å². The Labute approximate surface area is 183 Å². The number of carbonyl (C=O) groups is 1. The Balaban J connectivity index is 1.57. The molecule has 11 nitrogen and oxygen atoms in total. The van der Waals surface area contributed by atoms with Crippen molar-refractivity contribution in [2.75, 3.05) is 6.61 Å². The van der Waals surface area contributed by atoms with Crippen molar-refractivity contribution in [3.05, 3.63) is 48.0 Å². The number of rotatable bonds is 3. The largest absolute Gasteiger partial charge is 0.449 e. The number of nitrogens with one attached hydrogen (secondary N) is 3. The lowest BCUT2D eigenvalue weighted by atomic mass is 9.86. The monoisotopic (exact) mass is 442 g/mol. The van der Waals surface area contributed by atoms with E-state index in [9.17, 15) is 20.1 Å². The van der Waals surface area contributed by atoms with Crippen LogP contribution in [0.5, 0.6) is 0 Å². The van der Waals surface area contributed by atoms with Crippen molar-refractivity contribution in [1.29, 1.82) is 0 Å². The van der Waals surface area contributed by atoms with Crippen molar-refractivity contribution in [2.24, 2.45) is 11.5 Å². The fourth-order valence-electron chi connectivity index (χ4n) is 5.37. The van der Waals surface area contributed by atoms with Gasteiger partial charge in [-0.15, -0.1) is 0 Å². The van der Waals surface area contributed by atoms with Crippen molar-refractivity contribution in [2.45, 2.75) is 42.6 Å². The predicted octanol–water partition coefficient (Wildman–Crippen LogP) is -4.20. The molecule has 11 heteroatoms. The molecule has 2 aromatic rings. The van der Waals surface area contributed by atoms with E-state index < -0.39 is 41.6 Å². The molecule has 5 atom stereocenters. The molecule has 1 fully saturated rings. The zero-order chi connectivity index (χ0) is 22.8. The molecule has 5 rings (SSSR count). The summed E-state index contributed by atoms with van der Waals surface area (Å²) in [5.41, 5.74) is 10.8. The van der Waals surface area contributed by atoms with Gasteiger partial charge in [0, 0.05) is 0 Å². The minimum absolute atomic E-state index is 0.0793. The number of esters is 1. The third kappa shape index (κ3) is 2.49. The molecule has 1 saturated heterocycles. The molecule has 3 heterocycles. The molecule has 3 aliphatic heterocycles. The Hall–Kier alpha value is -3.41. The number of aliphatic hydroxyl groups excluding tert-OH is 1. The molecule has 168 valence electrons. The summed E-state index contributed by atoms with van der Waals surface area (Å²) in [7, 11) is 0. The number of hydrogen-bond donors (Lipinski definition) is 8. The van der Waals surface area contributed by atoms with E-state index in [0.717, 1.165) is 5.39 Å². The van der Waals surface area contributed by atoms with Crippen LogP contribution in [0.4, 0.5) is 0 Å². The highest BCUT2D eigenvalue weighted by Gasteiger charge is 2.81. The van der Waals surface area contributed by atoms with Crippen molar-refractivity contribution in [1.82, 2.24) is 10.6 Å². The molecule has 2 aromatic carbocycles. The number of nitrogens with two attached hydrogens (primary N) is 2. The molecule has 0 bridgehead atoms. The summed E-state index contributed by atoms with van der Waals surface area (Å²) in [6.45, 7) is 1.31. The Morgan fingerprint density at radius 1 is 1.22 bits per heavy atom. The quantitative estimate of drug-likeness (QED) is 0.133. The third-order valence-electron chi connectivity index (χ3n) is 6.70. The zero-order valence-corrected chi connectivity index (χ0v) is 17.3. The zero-order valence-electron chi connectivity index (χ0n) is 17.3. The standard InChI is InChI=1S/C21H24N6O5/c1-10-16(32-17(29)13-8-4-6-11-5-2-3-7-12(11)13)21(30,31)20-15(25-18(22)26-20)14(9-28)24-19(23)27(10)20/h2-8,10,14-16,28,30-31H,9H2,1H3,(H5,22,23,24,25,26)/p+2/t10-,14-,15-,16-,20-/m0/s1. The van der Waals surface area contributed by atoms with Crippen LogP contribution in [0.3, 0.4) is 0 Å². The summed E-state index contributed by atoms with van der Waals surface area (Å²) in [6.07, 6.45) is -1.39. The van der Waals surface area contributed by atoms with Crippen LogP contribution >= 0.6 is 0 Å². The van der Waals surface area contributed by atoms with Crippen LogP contribution in [-0.2, 0) is 4.74 Å². The lowest BCUT2D eigenvalue weighted by Gasteiger charge is -2.40. The van der Waals surface area contributed by atoms with Crippen molar-refractivity contribution >= 4 is 28.7 Å². The summed E-state index contributed by atoms with van der Waals surface area (Å²) in [5, 5.41) is 40.1. The highest BCUT2D eigenvalue weighted by molar-refractivity contribution is 6.04. The molecule has 0 radical (unpaired) electrons. The highest BCUT2D eigenvalue weighted by atomic mass is 16.6. The maximum atomic E-state index is 13.2. The van der Waals surface area contributed by atoms with Gasteiger partial charge in [-0.3, -0.25) is 21.8 Å². The number of hydrogen-bond acceptors (Lipinski definition) is 9. The highest BCUT2D eigenvalue weighted by Crippen LogP contribution is 2.42. The molecule has 0 aliphatic carbocycles. The molecule has 0 saturated carbocycles. The fraction of sp³-hybridized carbons (Fsp3) is 0.381. The molecule has 1 spiro atoms. The normalized spacial score (nSPS) is 32.6. The van der Waals surface area contributed by atoms with E-state index in [1.165, 1.54) is 4.58 Å². The van der Waals surface area contributed by atoms with Gasteiger partial charge in [0.2, 0.25) is 0 Å². The second kappa shape index (κ2) is 6.79. The molecular formula is C21H26N6O5+2. The number of guanidine groups is 2. The number of nitrogens with zero attached hydrogens (tertiary/aromatic N) is 1. The predicted molar refractivity (Wildman–Crippen MR) is 113 cm³/mol. The van der Waals surface area contributed by atoms with Gasteiger partial charge in [-0.05, 0) is 23.8 Å². The van der Waals surface area contributed by atoms with Crippen LogP contribution in [0.1, 0.15) is 17.3 Å². The first-order chi connectivity index (χ1) is 15.2. The summed E-state index contributed by atoms with van der Waals surface area (Å²) >= 11 is 0. The number of fused-ring (bicyclic) bond motifs is 1. The molecule has 0 amide bonds. The van der Waals surface area contributed by atoms with E-state index >= 15 is 0 Å². The fourth-order valence-corrected chi connectivity index (χ4v) is 5.37. The first kappa shape index (κ1) is 20.5. The van der Waals surface area contributed by atoms with E-state index in [4.69, 9.17) is 16.2 Å². The van der Waals surface area contributed by atoms with Gasteiger partial charge in [-0.2, -0.15) is 0 Å². The average molecular weight is 442 g/mol. The van der Waals surface area contributed by atoms with E-state index in [1.54, 1.807) is 25.1 Å².